The maximum atomic E-state index is 12.5. The van der Waals surface area contributed by atoms with Gasteiger partial charge >= 0.3 is 0 Å². The number of carbonyl (C=O) groups excluding carboxylic acids is 2. The molecule has 3 rings (SSSR count). The van der Waals surface area contributed by atoms with Crippen LogP contribution in [0.4, 0.5) is 0 Å². The van der Waals surface area contributed by atoms with Crippen molar-refractivity contribution in [2.75, 3.05) is 0 Å². The molecule has 1 aromatic rings. The van der Waals surface area contributed by atoms with Gasteiger partial charge in [0.15, 0.2) is 0 Å². The van der Waals surface area contributed by atoms with E-state index in [1.807, 2.05) is 45.9 Å². The molecule has 6 heteroatoms. The number of allylic oxidation sites excluding steroid dienone is 3. The normalized spacial score (nSPS) is 22.2. The molecular formula is C20H22N2O4. The van der Waals surface area contributed by atoms with Crippen molar-refractivity contribution in [3.05, 3.63) is 68.4 Å². The second kappa shape index (κ2) is 6.52. The number of nitrogens with one attached hydrogen (secondary N) is 1. The smallest absolute Gasteiger partial charge is 0.254 e. The summed E-state index contributed by atoms with van der Waals surface area (Å²) in [5.74, 6) is -2.29. The number of hydrogen-bond donors (Lipinski definition) is 1. The highest BCUT2D eigenvalue weighted by atomic mass is 16.6. The first-order valence-electron chi connectivity index (χ1n) is 8.78. The van der Waals surface area contributed by atoms with Crippen molar-refractivity contribution in [1.82, 2.24) is 5.32 Å². The van der Waals surface area contributed by atoms with Crippen LogP contribution in [0.15, 0.2) is 41.6 Å². The van der Waals surface area contributed by atoms with E-state index in [-0.39, 0.29) is 17.5 Å². The highest BCUT2D eigenvalue weighted by Gasteiger charge is 2.50. The first-order valence-corrected chi connectivity index (χ1v) is 8.78. The number of fused-ring (bicyclic) bond motifs is 1. The lowest BCUT2D eigenvalue weighted by Gasteiger charge is -2.29. The molecule has 1 heterocycles. The van der Waals surface area contributed by atoms with Crippen molar-refractivity contribution in [1.29, 1.82) is 0 Å². The van der Waals surface area contributed by atoms with Crippen molar-refractivity contribution >= 4 is 11.8 Å². The van der Waals surface area contributed by atoms with Gasteiger partial charge in [0.25, 0.3) is 11.6 Å². The molecule has 1 aromatic carbocycles. The molecule has 0 bridgehead atoms. The van der Waals surface area contributed by atoms with E-state index in [9.17, 15) is 19.7 Å². The third kappa shape index (κ3) is 2.75. The summed E-state index contributed by atoms with van der Waals surface area (Å²) >= 11 is 0. The number of nitrogens with zero attached hydrogens (tertiary/aromatic N) is 1. The zero-order chi connectivity index (χ0) is 19.2. The maximum Gasteiger partial charge on any atom is 0.254 e. The van der Waals surface area contributed by atoms with Crippen LogP contribution in [-0.2, 0) is 9.59 Å². The molecule has 1 N–H and O–H groups in total. The molecule has 1 aliphatic heterocycles. The predicted molar refractivity (Wildman–Crippen MR) is 97.2 cm³/mol. The summed E-state index contributed by atoms with van der Waals surface area (Å²) in [6, 6.07) is 5.86. The zero-order valence-electron chi connectivity index (χ0n) is 15.3. The summed E-state index contributed by atoms with van der Waals surface area (Å²) in [6.07, 6.45) is 2.78. The van der Waals surface area contributed by atoms with Gasteiger partial charge in [-0.2, -0.15) is 0 Å². The molecular weight excluding hydrogens is 332 g/mol. The lowest BCUT2D eigenvalue weighted by atomic mass is 9.71. The summed E-state index contributed by atoms with van der Waals surface area (Å²) in [5.41, 5.74) is 3.02. The molecule has 6 nitrogen and oxygen atoms in total. The van der Waals surface area contributed by atoms with E-state index >= 15 is 0 Å². The van der Waals surface area contributed by atoms with E-state index < -0.39 is 28.6 Å². The minimum atomic E-state index is -0.856. The van der Waals surface area contributed by atoms with Crippen LogP contribution < -0.4 is 5.32 Å². The summed E-state index contributed by atoms with van der Waals surface area (Å²) < 4.78 is 0. The van der Waals surface area contributed by atoms with Gasteiger partial charge in [-0.1, -0.05) is 45.9 Å². The third-order valence-electron chi connectivity index (χ3n) is 5.14. The molecule has 1 fully saturated rings. The quantitative estimate of drug-likeness (QED) is 0.510. The number of hydrogen-bond acceptors (Lipinski definition) is 4. The standard InChI is InChI=1S/C20H22N2O4/c1-10(2)12-6-5-7-13(11(3)4)16(12)18-15(22(25)26)9-8-14-17(18)20(24)21-19(14)23/h5-11,17-18H,1-4H3,(H,21,23,24). The molecule has 1 aliphatic carbocycles. The molecule has 2 amide bonds. The Morgan fingerprint density at radius 1 is 1.00 bits per heavy atom. The molecule has 0 radical (unpaired) electrons. The molecule has 26 heavy (non-hydrogen) atoms. The third-order valence-corrected chi connectivity index (χ3v) is 5.14. The van der Waals surface area contributed by atoms with Gasteiger partial charge in [-0.15, -0.1) is 0 Å². The summed E-state index contributed by atoms with van der Waals surface area (Å²) in [6.45, 7) is 8.10. The summed E-state index contributed by atoms with van der Waals surface area (Å²) in [5, 5.41) is 14.1. The van der Waals surface area contributed by atoms with Gasteiger partial charge in [0, 0.05) is 11.6 Å². The lowest BCUT2D eigenvalue weighted by molar-refractivity contribution is -0.431. The number of carbonyl (C=O) groups is 2. The van der Waals surface area contributed by atoms with Crippen LogP contribution in [0, 0.1) is 16.0 Å². The molecule has 0 saturated carbocycles. The minimum Gasteiger partial charge on any atom is -0.292 e. The van der Waals surface area contributed by atoms with E-state index in [4.69, 9.17) is 0 Å². The Bertz CT molecular complexity index is 838. The maximum absolute atomic E-state index is 12.5. The van der Waals surface area contributed by atoms with Crippen LogP contribution in [-0.4, -0.2) is 16.7 Å². The van der Waals surface area contributed by atoms with Crippen LogP contribution in [0.3, 0.4) is 0 Å². The average Bonchev–Trinajstić information content (AvgIpc) is 2.87. The second-order valence-electron chi connectivity index (χ2n) is 7.40. The van der Waals surface area contributed by atoms with Gasteiger partial charge in [0.1, 0.15) is 0 Å². The van der Waals surface area contributed by atoms with Crippen molar-refractivity contribution in [2.24, 2.45) is 5.92 Å². The Labute approximate surface area is 152 Å². The predicted octanol–water partition coefficient (Wildman–Crippen LogP) is 3.39. The van der Waals surface area contributed by atoms with Gasteiger partial charge in [0.05, 0.1) is 16.8 Å². The monoisotopic (exact) mass is 354 g/mol. The Kier molecular flexibility index (Phi) is 4.52. The van der Waals surface area contributed by atoms with Gasteiger partial charge < -0.3 is 0 Å². The molecule has 136 valence electrons. The molecule has 2 atom stereocenters. The van der Waals surface area contributed by atoms with E-state index in [1.165, 1.54) is 12.2 Å². The van der Waals surface area contributed by atoms with Gasteiger partial charge in [0.2, 0.25) is 5.91 Å². The molecule has 1 saturated heterocycles. The first-order chi connectivity index (χ1) is 12.2. The lowest BCUT2D eigenvalue weighted by Crippen LogP contribution is -2.30. The Balaban J connectivity index is 2.31. The van der Waals surface area contributed by atoms with Gasteiger partial charge in [-0.3, -0.25) is 25.0 Å². The average molecular weight is 354 g/mol. The highest BCUT2D eigenvalue weighted by Crippen LogP contribution is 2.46. The van der Waals surface area contributed by atoms with E-state index in [1.54, 1.807) is 0 Å². The van der Waals surface area contributed by atoms with Crippen LogP contribution in [0.25, 0.3) is 0 Å². The zero-order valence-corrected chi connectivity index (χ0v) is 15.3. The molecule has 2 unspecified atom stereocenters. The topological polar surface area (TPSA) is 89.3 Å². The summed E-state index contributed by atoms with van der Waals surface area (Å²) in [4.78, 5) is 36.0. The van der Waals surface area contributed by atoms with Gasteiger partial charge in [-0.25, -0.2) is 0 Å². The van der Waals surface area contributed by atoms with Crippen LogP contribution in [0.1, 0.15) is 62.1 Å². The molecule has 0 spiro atoms. The SMILES string of the molecule is CC(C)c1cccc(C(C)C)c1C1C([N+](=O)[O-])=CC=C2C(=O)NC(=O)C21. The van der Waals surface area contributed by atoms with Crippen molar-refractivity contribution in [3.8, 4) is 0 Å². The van der Waals surface area contributed by atoms with E-state index in [2.05, 4.69) is 5.32 Å². The fourth-order valence-electron chi connectivity index (χ4n) is 3.96. The first kappa shape index (κ1) is 18.0. The Morgan fingerprint density at radius 3 is 2.08 bits per heavy atom. The van der Waals surface area contributed by atoms with E-state index in [0.717, 1.165) is 16.7 Å². The Hall–Kier alpha value is -2.76. The largest absolute Gasteiger partial charge is 0.292 e. The second-order valence-corrected chi connectivity index (χ2v) is 7.40. The minimum absolute atomic E-state index is 0.0430. The Morgan fingerprint density at radius 2 is 1.58 bits per heavy atom. The van der Waals surface area contributed by atoms with Gasteiger partial charge in [-0.05, 0) is 34.6 Å². The summed E-state index contributed by atoms with van der Waals surface area (Å²) in [7, 11) is 0. The number of benzene rings is 1. The number of rotatable bonds is 4. The van der Waals surface area contributed by atoms with Crippen molar-refractivity contribution in [3.63, 3.8) is 0 Å². The number of amides is 2. The van der Waals surface area contributed by atoms with Crippen molar-refractivity contribution in [2.45, 2.75) is 45.4 Å². The van der Waals surface area contributed by atoms with Crippen LogP contribution >= 0.6 is 0 Å². The molecule has 0 aromatic heterocycles. The fourth-order valence-corrected chi connectivity index (χ4v) is 3.96. The van der Waals surface area contributed by atoms with Crippen molar-refractivity contribution < 1.29 is 14.5 Å². The number of nitro groups is 1. The van der Waals surface area contributed by atoms with Crippen LogP contribution in [0.5, 0.6) is 0 Å². The van der Waals surface area contributed by atoms with Crippen LogP contribution in [0.2, 0.25) is 0 Å². The highest BCUT2D eigenvalue weighted by molar-refractivity contribution is 6.16. The molecule has 2 aliphatic rings. The number of imide groups is 1. The van der Waals surface area contributed by atoms with E-state index in [0.29, 0.717) is 5.57 Å². The fraction of sp³-hybridized carbons (Fsp3) is 0.400.